The fraction of sp³-hybridized carbons (Fsp3) is 0.133. The van der Waals surface area contributed by atoms with Crippen LogP contribution in [0.15, 0.2) is 65.7 Å². The Labute approximate surface area is 118 Å². The summed E-state index contributed by atoms with van der Waals surface area (Å²) in [5.41, 5.74) is 2.16. The van der Waals surface area contributed by atoms with Gasteiger partial charge in [-0.05, 0) is 43.5 Å². The normalized spacial score (nSPS) is 10.2. The lowest BCUT2D eigenvalue weighted by atomic mass is 10.3. The molecular weight excluding hydrogens is 256 g/mol. The van der Waals surface area contributed by atoms with Crippen LogP contribution in [0.3, 0.4) is 0 Å². The van der Waals surface area contributed by atoms with Crippen molar-refractivity contribution in [3.63, 3.8) is 0 Å². The fourth-order valence-corrected chi connectivity index (χ4v) is 1.68. The van der Waals surface area contributed by atoms with E-state index < -0.39 is 0 Å². The molecule has 0 aliphatic heterocycles. The standard InChI is InChI=1S/C15H18N2OS/c1-11(2)5-6-12(3)16-15(18)17-13-7-9-14(19-4)10-8-13/h5-10H,1,3H2,2,4H3,(H2,16,17,18)/b6-5-. The molecule has 3 nitrogen and oxygen atoms in total. The van der Waals surface area contributed by atoms with Crippen LogP contribution in [0.1, 0.15) is 6.92 Å². The third kappa shape index (κ3) is 5.97. The van der Waals surface area contributed by atoms with Gasteiger partial charge >= 0.3 is 6.03 Å². The summed E-state index contributed by atoms with van der Waals surface area (Å²) in [6.07, 6.45) is 5.50. The molecule has 4 heteroatoms. The SMILES string of the molecule is C=C(C)/C=C\C(=C)NC(=O)Nc1ccc(SC)cc1. The van der Waals surface area contributed by atoms with Gasteiger partial charge in [-0.1, -0.05) is 24.8 Å². The molecular formula is C15H18N2OS. The van der Waals surface area contributed by atoms with Crippen LogP contribution in [0.4, 0.5) is 10.5 Å². The van der Waals surface area contributed by atoms with Crippen molar-refractivity contribution < 1.29 is 4.79 Å². The molecule has 0 radical (unpaired) electrons. The van der Waals surface area contributed by atoms with Crippen LogP contribution >= 0.6 is 11.8 Å². The van der Waals surface area contributed by atoms with Crippen molar-refractivity contribution in [3.05, 3.63) is 60.8 Å². The zero-order valence-corrected chi connectivity index (χ0v) is 12.0. The number of allylic oxidation sites excluding steroid dienone is 3. The molecule has 2 N–H and O–H groups in total. The van der Waals surface area contributed by atoms with Gasteiger partial charge in [0.25, 0.3) is 0 Å². The minimum Gasteiger partial charge on any atom is -0.308 e. The van der Waals surface area contributed by atoms with E-state index in [4.69, 9.17) is 0 Å². The molecule has 0 aromatic heterocycles. The Morgan fingerprint density at radius 2 is 1.84 bits per heavy atom. The van der Waals surface area contributed by atoms with Crippen LogP contribution in [0.5, 0.6) is 0 Å². The van der Waals surface area contributed by atoms with E-state index in [0.717, 1.165) is 16.2 Å². The molecule has 0 atom stereocenters. The summed E-state index contributed by atoms with van der Waals surface area (Å²) in [4.78, 5) is 12.8. The maximum atomic E-state index is 11.7. The van der Waals surface area contributed by atoms with E-state index in [9.17, 15) is 4.79 Å². The number of hydrogen-bond acceptors (Lipinski definition) is 2. The van der Waals surface area contributed by atoms with Crippen molar-refractivity contribution in [2.45, 2.75) is 11.8 Å². The number of urea groups is 1. The lowest BCUT2D eigenvalue weighted by Crippen LogP contribution is -2.26. The summed E-state index contributed by atoms with van der Waals surface area (Å²) in [5, 5.41) is 5.37. The molecule has 0 fully saturated rings. The number of amides is 2. The van der Waals surface area contributed by atoms with Gasteiger partial charge in [0, 0.05) is 16.3 Å². The Kier molecular flexibility index (Phi) is 5.96. The van der Waals surface area contributed by atoms with Gasteiger partial charge in [-0.25, -0.2) is 4.79 Å². The second-order valence-electron chi connectivity index (χ2n) is 4.01. The zero-order valence-electron chi connectivity index (χ0n) is 11.2. The average Bonchev–Trinajstić information content (AvgIpc) is 2.37. The first-order chi connectivity index (χ1) is 9.01. The molecule has 1 rings (SSSR count). The van der Waals surface area contributed by atoms with Crippen LogP contribution < -0.4 is 10.6 Å². The zero-order chi connectivity index (χ0) is 14.3. The van der Waals surface area contributed by atoms with Crippen LogP contribution in [0.2, 0.25) is 0 Å². The highest BCUT2D eigenvalue weighted by molar-refractivity contribution is 7.98. The van der Waals surface area contributed by atoms with E-state index in [1.54, 1.807) is 23.9 Å². The summed E-state index contributed by atoms with van der Waals surface area (Å²) in [6.45, 7) is 9.34. The molecule has 19 heavy (non-hydrogen) atoms. The first-order valence-electron chi connectivity index (χ1n) is 5.76. The van der Waals surface area contributed by atoms with Gasteiger partial charge < -0.3 is 10.6 Å². The van der Waals surface area contributed by atoms with E-state index in [2.05, 4.69) is 23.8 Å². The molecule has 1 aromatic rings. The van der Waals surface area contributed by atoms with Gasteiger partial charge in [-0.2, -0.15) is 0 Å². The topological polar surface area (TPSA) is 41.1 Å². The molecule has 0 heterocycles. The molecule has 0 unspecified atom stereocenters. The van der Waals surface area contributed by atoms with E-state index in [0.29, 0.717) is 5.70 Å². The Morgan fingerprint density at radius 3 is 2.37 bits per heavy atom. The molecule has 0 aliphatic rings. The number of anilines is 1. The highest BCUT2D eigenvalue weighted by Crippen LogP contribution is 2.17. The highest BCUT2D eigenvalue weighted by Gasteiger charge is 2.01. The van der Waals surface area contributed by atoms with E-state index in [1.165, 1.54) is 0 Å². The number of benzene rings is 1. The summed E-state index contributed by atoms with van der Waals surface area (Å²) in [5.74, 6) is 0. The lowest BCUT2D eigenvalue weighted by molar-refractivity contribution is 0.254. The van der Waals surface area contributed by atoms with Gasteiger partial charge in [0.05, 0.1) is 0 Å². The first-order valence-corrected chi connectivity index (χ1v) is 6.98. The number of nitrogens with one attached hydrogen (secondary N) is 2. The van der Waals surface area contributed by atoms with Gasteiger partial charge in [0.2, 0.25) is 0 Å². The summed E-state index contributed by atoms with van der Waals surface area (Å²) in [6, 6.07) is 7.32. The number of rotatable bonds is 5. The maximum Gasteiger partial charge on any atom is 0.323 e. The van der Waals surface area contributed by atoms with Crippen LogP contribution in [-0.4, -0.2) is 12.3 Å². The quantitative estimate of drug-likeness (QED) is 0.625. The Balaban J connectivity index is 2.50. The first kappa shape index (κ1) is 15.1. The predicted molar refractivity (Wildman–Crippen MR) is 83.5 cm³/mol. The van der Waals surface area contributed by atoms with E-state index >= 15 is 0 Å². The molecule has 0 bridgehead atoms. The second-order valence-corrected chi connectivity index (χ2v) is 4.89. The highest BCUT2D eigenvalue weighted by atomic mass is 32.2. The van der Waals surface area contributed by atoms with Crippen molar-refractivity contribution in [1.29, 1.82) is 0 Å². The molecule has 2 amide bonds. The maximum absolute atomic E-state index is 11.7. The molecule has 0 aliphatic carbocycles. The fourth-order valence-electron chi connectivity index (χ4n) is 1.27. The van der Waals surface area contributed by atoms with Gasteiger partial charge in [0.1, 0.15) is 0 Å². The van der Waals surface area contributed by atoms with E-state index in [-0.39, 0.29) is 6.03 Å². The molecule has 100 valence electrons. The van der Waals surface area contributed by atoms with Crippen LogP contribution in [0, 0.1) is 0 Å². The van der Waals surface area contributed by atoms with Crippen LogP contribution in [0.25, 0.3) is 0 Å². The molecule has 1 aromatic carbocycles. The van der Waals surface area contributed by atoms with Crippen molar-refractivity contribution in [2.24, 2.45) is 0 Å². The predicted octanol–water partition coefficient (Wildman–Crippen LogP) is 4.18. The summed E-state index contributed by atoms with van der Waals surface area (Å²) in [7, 11) is 0. The Morgan fingerprint density at radius 1 is 1.21 bits per heavy atom. The van der Waals surface area contributed by atoms with Crippen molar-refractivity contribution in [1.82, 2.24) is 5.32 Å². The number of thioether (sulfide) groups is 1. The van der Waals surface area contributed by atoms with Crippen molar-refractivity contribution in [3.8, 4) is 0 Å². The minimum atomic E-state index is -0.312. The Bertz CT molecular complexity index is 503. The molecule has 0 saturated carbocycles. The second kappa shape index (κ2) is 7.48. The third-order valence-electron chi connectivity index (χ3n) is 2.19. The lowest BCUT2D eigenvalue weighted by Gasteiger charge is -2.07. The third-order valence-corrected chi connectivity index (χ3v) is 2.93. The summed E-state index contributed by atoms with van der Waals surface area (Å²) < 4.78 is 0. The number of carbonyl (C=O) groups is 1. The Hall–Kier alpha value is -1.94. The monoisotopic (exact) mass is 274 g/mol. The van der Waals surface area contributed by atoms with Gasteiger partial charge in [-0.15, -0.1) is 11.8 Å². The molecule has 0 saturated heterocycles. The van der Waals surface area contributed by atoms with Gasteiger partial charge in [-0.3, -0.25) is 0 Å². The largest absolute Gasteiger partial charge is 0.323 e. The van der Waals surface area contributed by atoms with Crippen LogP contribution in [-0.2, 0) is 0 Å². The molecule has 0 spiro atoms. The average molecular weight is 274 g/mol. The number of carbonyl (C=O) groups excluding carboxylic acids is 1. The number of hydrogen-bond donors (Lipinski definition) is 2. The minimum absolute atomic E-state index is 0.312. The van der Waals surface area contributed by atoms with Crippen molar-refractivity contribution >= 4 is 23.5 Å². The van der Waals surface area contributed by atoms with Crippen molar-refractivity contribution in [2.75, 3.05) is 11.6 Å². The van der Waals surface area contributed by atoms with E-state index in [1.807, 2.05) is 37.4 Å². The summed E-state index contributed by atoms with van der Waals surface area (Å²) >= 11 is 1.66. The smallest absolute Gasteiger partial charge is 0.308 e. The van der Waals surface area contributed by atoms with Gasteiger partial charge in [0.15, 0.2) is 0 Å².